The Morgan fingerprint density at radius 1 is 0.288 bits per heavy atom. The first kappa shape index (κ1) is 31.8. The molecule has 0 N–H and O–H groups in total. The molecule has 8 aromatic carbocycles. The fraction of sp³-hybridized carbons (Fsp3) is 0.120. The lowest BCUT2D eigenvalue weighted by molar-refractivity contribution is 0.866. The minimum absolute atomic E-state index is 0.456. The SMILES string of the molecule is CC(C)c1cccc(N(c2ccccc2)c2ccc3cc4c(cc3c2)-c2cc3cc(N(c5ccccc5)c5cccc(C(C)C)c5)ccc3cc2-4)c1. The van der Waals surface area contributed by atoms with Crippen LogP contribution < -0.4 is 9.80 Å². The molecule has 0 bridgehead atoms. The van der Waals surface area contributed by atoms with Crippen LogP contribution in [-0.2, 0) is 0 Å². The third-order valence-electron chi connectivity index (χ3n) is 10.6. The molecule has 0 saturated heterocycles. The molecule has 0 unspecified atom stereocenters. The van der Waals surface area contributed by atoms with Gasteiger partial charge in [0.15, 0.2) is 0 Å². The summed E-state index contributed by atoms with van der Waals surface area (Å²) in [5, 5.41) is 5.01. The van der Waals surface area contributed by atoms with Crippen LogP contribution in [0.15, 0.2) is 170 Å². The van der Waals surface area contributed by atoms with Gasteiger partial charge in [-0.2, -0.15) is 0 Å². The fourth-order valence-corrected chi connectivity index (χ4v) is 7.77. The van der Waals surface area contributed by atoms with Gasteiger partial charge in [0.2, 0.25) is 0 Å². The Morgan fingerprint density at radius 2 is 0.635 bits per heavy atom. The maximum absolute atomic E-state index is 2.40. The molecule has 252 valence electrons. The monoisotopic (exact) mass is 670 g/mol. The number of hydrogen-bond donors (Lipinski definition) is 0. The average Bonchev–Trinajstić information content (AvgIpc) is 3.18. The fourth-order valence-electron chi connectivity index (χ4n) is 7.77. The molecule has 0 aliphatic heterocycles. The Balaban J connectivity index is 1.12. The third-order valence-corrected chi connectivity index (χ3v) is 10.6. The van der Waals surface area contributed by atoms with Crippen LogP contribution in [0.5, 0.6) is 0 Å². The molecule has 1 aliphatic rings. The Hall–Kier alpha value is -6.12. The lowest BCUT2D eigenvalue weighted by Gasteiger charge is -2.29. The molecule has 0 saturated carbocycles. The van der Waals surface area contributed by atoms with E-state index in [4.69, 9.17) is 0 Å². The van der Waals surface area contributed by atoms with Gasteiger partial charge in [0.05, 0.1) is 0 Å². The van der Waals surface area contributed by atoms with Crippen LogP contribution in [0, 0.1) is 0 Å². The van der Waals surface area contributed by atoms with Crippen molar-refractivity contribution in [2.24, 2.45) is 0 Å². The number of para-hydroxylation sites is 2. The van der Waals surface area contributed by atoms with Crippen molar-refractivity contribution in [1.29, 1.82) is 0 Å². The molecule has 2 nitrogen and oxygen atoms in total. The number of nitrogens with zero attached hydrogens (tertiary/aromatic N) is 2. The molecule has 1 aliphatic carbocycles. The summed E-state index contributed by atoms with van der Waals surface area (Å²) in [5.41, 5.74) is 15.0. The van der Waals surface area contributed by atoms with Crippen molar-refractivity contribution in [1.82, 2.24) is 0 Å². The van der Waals surface area contributed by atoms with Crippen LogP contribution in [0.3, 0.4) is 0 Å². The van der Waals surface area contributed by atoms with E-state index in [1.807, 2.05) is 0 Å². The molecule has 0 radical (unpaired) electrons. The highest BCUT2D eigenvalue weighted by Crippen LogP contribution is 2.51. The van der Waals surface area contributed by atoms with Crippen LogP contribution in [0.4, 0.5) is 34.1 Å². The normalized spacial score (nSPS) is 11.8. The number of anilines is 6. The lowest BCUT2D eigenvalue weighted by Crippen LogP contribution is -2.10. The maximum atomic E-state index is 2.40. The summed E-state index contributed by atoms with van der Waals surface area (Å²) < 4.78 is 0. The van der Waals surface area contributed by atoms with E-state index in [1.54, 1.807) is 0 Å². The summed E-state index contributed by atoms with van der Waals surface area (Å²) >= 11 is 0. The van der Waals surface area contributed by atoms with Gasteiger partial charge in [-0.15, -0.1) is 0 Å². The van der Waals surface area contributed by atoms with Gasteiger partial charge in [-0.1, -0.05) is 100 Å². The zero-order chi connectivity index (χ0) is 35.3. The van der Waals surface area contributed by atoms with Crippen molar-refractivity contribution in [3.8, 4) is 22.3 Å². The molecular weight excluding hydrogens is 629 g/mol. The van der Waals surface area contributed by atoms with E-state index in [9.17, 15) is 0 Å². The lowest BCUT2D eigenvalue weighted by atomic mass is 9.78. The predicted molar refractivity (Wildman–Crippen MR) is 223 cm³/mol. The van der Waals surface area contributed by atoms with E-state index in [0.29, 0.717) is 11.8 Å². The van der Waals surface area contributed by atoms with Gasteiger partial charge in [-0.25, -0.2) is 0 Å². The first-order valence-corrected chi connectivity index (χ1v) is 18.5. The van der Waals surface area contributed by atoms with Gasteiger partial charge >= 0.3 is 0 Å². The molecule has 9 rings (SSSR count). The van der Waals surface area contributed by atoms with E-state index >= 15 is 0 Å². The predicted octanol–water partition coefficient (Wildman–Crippen LogP) is 14.8. The van der Waals surface area contributed by atoms with Gasteiger partial charge in [-0.05, 0) is 164 Å². The first-order chi connectivity index (χ1) is 25.4. The molecule has 0 amide bonds. The van der Waals surface area contributed by atoms with Crippen LogP contribution in [0.25, 0.3) is 43.8 Å². The van der Waals surface area contributed by atoms with Crippen molar-refractivity contribution in [2.75, 3.05) is 9.80 Å². The minimum Gasteiger partial charge on any atom is -0.310 e. The average molecular weight is 671 g/mol. The number of fused-ring (bicyclic) bond motifs is 6. The van der Waals surface area contributed by atoms with Gasteiger partial charge < -0.3 is 9.80 Å². The first-order valence-electron chi connectivity index (χ1n) is 18.5. The van der Waals surface area contributed by atoms with Gasteiger partial charge in [0.25, 0.3) is 0 Å². The Bertz CT molecular complexity index is 2400. The molecule has 0 atom stereocenters. The van der Waals surface area contributed by atoms with E-state index in [1.165, 1.54) is 66.3 Å². The van der Waals surface area contributed by atoms with E-state index < -0.39 is 0 Å². The Kier molecular flexibility index (Phi) is 7.89. The summed E-state index contributed by atoms with van der Waals surface area (Å²) in [6.45, 7) is 9.03. The summed E-state index contributed by atoms with van der Waals surface area (Å²) in [6, 6.07) is 62.7. The summed E-state index contributed by atoms with van der Waals surface area (Å²) in [7, 11) is 0. The molecular formula is C50H42N2. The molecule has 8 aromatic rings. The molecule has 0 heterocycles. The van der Waals surface area contributed by atoms with E-state index in [0.717, 1.165) is 22.7 Å². The van der Waals surface area contributed by atoms with Crippen LogP contribution in [-0.4, -0.2) is 0 Å². The topological polar surface area (TPSA) is 6.48 Å². The number of hydrogen-bond acceptors (Lipinski definition) is 2. The summed E-state index contributed by atoms with van der Waals surface area (Å²) in [5.74, 6) is 0.912. The summed E-state index contributed by atoms with van der Waals surface area (Å²) in [6.07, 6.45) is 0. The second kappa shape index (κ2) is 12.9. The van der Waals surface area contributed by atoms with Gasteiger partial charge in [0.1, 0.15) is 0 Å². The minimum atomic E-state index is 0.456. The number of benzene rings is 8. The van der Waals surface area contributed by atoms with E-state index in [2.05, 4.69) is 207 Å². The van der Waals surface area contributed by atoms with E-state index in [-0.39, 0.29) is 0 Å². The largest absolute Gasteiger partial charge is 0.310 e. The Morgan fingerprint density at radius 3 is 1.02 bits per heavy atom. The Labute approximate surface area is 307 Å². The molecule has 52 heavy (non-hydrogen) atoms. The standard InChI is InChI=1S/C50H42N2/c1-33(2)35-13-11-19-43(25-35)51(41-15-7-5-8-16-41)45-23-21-37-29-47-48-30-38-22-24-46(28-40(38)32-50(48)49(47)31-39(37)27-45)52(42-17-9-6-10-18-42)44-20-12-14-36(26-44)34(3)4/h5-34H,1-4H3. The second-order valence-corrected chi connectivity index (χ2v) is 14.7. The van der Waals surface area contributed by atoms with Crippen molar-refractivity contribution in [3.63, 3.8) is 0 Å². The van der Waals surface area contributed by atoms with Gasteiger partial charge in [0, 0.05) is 34.1 Å². The zero-order valence-corrected chi connectivity index (χ0v) is 30.2. The summed E-state index contributed by atoms with van der Waals surface area (Å²) in [4.78, 5) is 4.76. The highest BCUT2D eigenvalue weighted by molar-refractivity contribution is 6.12. The quantitative estimate of drug-likeness (QED) is 0.159. The number of rotatable bonds is 8. The second-order valence-electron chi connectivity index (χ2n) is 14.7. The van der Waals surface area contributed by atoms with Crippen molar-refractivity contribution in [2.45, 2.75) is 39.5 Å². The van der Waals surface area contributed by atoms with Crippen LogP contribution in [0.1, 0.15) is 50.7 Å². The molecule has 0 spiro atoms. The van der Waals surface area contributed by atoms with Gasteiger partial charge in [-0.3, -0.25) is 0 Å². The highest BCUT2D eigenvalue weighted by atomic mass is 15.1. The van der Waals surface area contributed by atoms with Crippen LogP contribution >= 0.6 is 0 Å². The molecule has 0 aromatic heterocycles. The zero-order valence-electron chi connectivity index (χ0n) is 30.2. The highest BCUT2D eigenvalue weighted by Gasteiger charge is 2.25. The van der Waals surface area contributed by atoms with Crippen molar-refractivity contribution in [3.05, 3.63) is 181 Å². The smallest absolute Gasteiger partial charge is 0.0468 e. The van der Waals surface area contributed by atoms with Crippen molar-refractivity contribution >= 4 is 55.7 Å². The molecule has 0 fully saturated rings. The third kappa shape index (κ3) is 5.61. The van der Waals surface area contributed by atoms with Crippen LogP contribution in [0.2, 0.25) is 0 Å². The molecule has 2 heteroatoms. The van der Waals surface area contributed by atoms with Crippen molar-refractivity contribution < 1.29 is 0 Å². The maximum Gasteiger partial charge on any atom is 0.0468 e.